The SMILES string of the molecule is CCCC(CCN)C(=O)NC1CCCCC1. The second-order valence-electron chi connectivity index (χ2n) is 4.91. The number of carbonyl (C=O) groups is 1. The smallest absolute Gasteiger partial charge is 0.223 e. The molecular formula is C13H26N2O. The highest BCUT2D eigenvalue weighted by atomic mass is 16.1. The van der Waals surface area contributed by atoms with Crippen LogP contribution in [-0.4, -0.2) is 18.5 Å². The summed E-state index contributed by atoms with van der Waals surface area (Å²) in [6.07, 6.45) is 9.03. The Morgan fingerprint density at radius 2 is 2.00 bits per heavy atom. The van der Waals surface area contributed by atoms with Gasteiger partial charge in [0.05, 0.1) is 0 Å². The second kappa shape index (κ2) is 7.66. The molecule has 0 heterocycles. The Morgan fingerprint density at radius 1 is 1.31 bits per heavy atom. The van der Waals surface area contributed by atoms with Crippen LogP contribution in [0.2, 0.25) is 0 Å². The van der Waals surface area contributed by atoms with Gasteiger partial charge in [0.2, 0.25) is 5.91 Å². The number of nitrogens with two attached hydrogens (primary N) is 1. The highest BCUT2D eigenvalue weighted by Crippen LogP contribution is 2.19. The fraction of sp³-hybridized carbons (Fsp3) is 0.923. The number of nitrogens with one attached hydrogen (secondary N) is 1. The van der Waals surface area contributed by atoms with Gasteiger partial charge in [-0.2, -0.15) is 0 Å². The number of carbonyl (C=O) groups excluding carboxylic acids is 1. The molecule has 1 fully saturated rings. The lowest BCUT2D eigenvalue weighted by molar-refractivity contribution is -0.126. The van der Waals surface area contributed by atoms with Gasteiger partial charge in [0.25, 0.3) is 0 Å². The van der Waals surface area contributed by atoms with Gasteiger partial charge in [0.1, 0.15) is 0 Å². The van der Waals surface area contributed by atoms with Crippen molar-refractivity contribution in [1.29, 1.82) is 0 Å². The lowest BCUT2D eigenvalue weighted by Gasteiger charge is -2.25. The van der Waals surface area contributed by atoms with Gasteiger partial charge in [-0.3, -0.25) is 4.79 Å². The van der Waals surface area contributed by atoms with Crippen molar-refractivity contribution in [3.63, 3.8) is 0 Å². The van der Waals surface area contributed by atoms with Gasteiger partial charge in [0, 0.05) is 12.0 Å². The lowest BCUT2D eigenvalue weighted by atomic mass is 9.93. The van der Waals surface area contributed by atoms with Gasteiger partial charge in [-0.15, -0.1) is 0 Å². The first-order chi connectivity index (χ1) is 7.77. The predicted octanol–water partition coefficient (Wildman–Crippen LogP) is 2.20. The Labute approximate surface area is 99.2 Å². The van der Waals surface area contributed by atoms with Crippen molar-refractivity contribution in [3.8, 4) is 0 Å². The molecule has 0 bridgehead atoms. The number of rotatable bonds is 6. The van der Waals surface area contributed by atoms with Gasteiger partial charge in [0.15, 0.2) is 0 Å². The van der Waals surface area contributed by atoms with E-state index < -0.39 is 0 Å². The molecule has 3 heteroatoms. The van der Waals surface area contributed by atoms with Crippen LogP contribution < -0.4 is 11.1 Å². The van der Waals surface area contributed by atoms with Crippen LogP contribution in [0.5, 0.6) is 0 Å². The number of hydrogen-bond acceptors (Lipinski definition) is 2. The first kappa shape index (κ1) is 13.5. The molecule has 0 aliphatic heterocycles. The zero-order valence-electron chi connectivity index (χ0n) is 10.5. The van der Waals surface area contributed by atoms with Gasteiger partial charge in [-0.05, 0) is 32.2 Å². The van der Waals surface area contributed by atoms with Gasteiger partial charge < -0.3 is 11.1 Å². The summed E-state index contributed by atoms with van der Waals surface area (Å²) in [7, 11) is 0. The molecule has 0 aromatic heterocycles. The summed E-state index contributed by atoms with van der Waals surface area (Å²) in [6, 6.07) is 0.429. The van der Waals surface area contributed by atoms with Crippen LogP contribution in [-0.2, 0) is 4.79 Å². The molecule has 0 saturated heterocycles. The van der Waals surface area contributed by atoms with Crippen LogP contribution >= 0.6 is 0 Å². The van der Waals surface area contributed by atoms with Crippen LogP contribution in [0.25, 0.3) is 0 Å². The van der Waals surface area contributed by atoms with E-state index in [9.17, 15) is 4.79 Å². The molecule has 94 valence electrons. The van der Waals surface area contributed by atoms with E-state index in [1.165, 1.54) is 19.3 Å². The third kappa shape index (κ3) is 4.52. The van der Waals surface area contributed by atoms with Crippen molar-refractivity contribution in [1.82, 2.24) is 5.32 Å². The molecule has 0 aromatic carbocycles. The van der Waals surface area contributed by atoms with Crippen LogP contribution in [0.4, 0.5) is 0 Å². The van der Waals surface area contributed by atoms with Crippen LogP contribution in [0.1, 0.15) is 58.3 Å². The average Bonchev–Trinajstić information content (AvgIpc) is 2.30. The highest BCUT2D eigenvalue weighted by Gasteiger charge is 2.21. The zero-order valence-corrected chi connectivity index (χ0v) is 10.5. The first-order valence-electron chi connectivity index (χ1n) is 6.78. The molecule has 1 aliphatic rings. The molecule has 1 unspecified atom stereocenters. The summed E-state index contributed by atoms with van der Waals surface area (Å²) in [6.45, 7) is 2.74. The van der Waals surface area contributed by atoms with Gasteiger partial charge >= 0.3 is 0 Å². The second-order valence-corrected chi connectivity index (χ2v) is 4.91. The fourth-order valence-electron chi connectivity index (χ4n) is 2.52. The minimum atomic E-state index is 0.136. The zero-order chi connectivity index (χ0) is 11.8. The molecule has 3 N–H and O–H groups in total. The Balaban J connectivity index is 2.34. The predicted molar refractivity (Wildman–Crippen MR) is 67.1 cm³/mol. The maximum absolute atomic E-state index is 12.0. The molecule has 1 atom stereocenters. The fourth-order valence-corrected chi connectivity index (χ4v) is 2.52. The van der Waals surface area contributed by atoms with Gasteiger partial charge in [-0.25, -0.2) is 0 Å². The van der Waals surface area contributed by atoms with E-state index in [0.717, 1.165) is 32.1 Å². The Bertz CT molecular complexity index is 194. The van der Waals surface area contributed by atoms with Crippen molar-refractivity contribution in [2.24, 2.45) is 11.7 Å². The van der Waals surface area contributed by atoms with E-state index in [2.05, 4.69) is 12.2 Å². The van der Waals surface area contributed by atoms with Crippen molar-refractivity contribution in [2.45, 2.75) is 64.3 Å². The van der Waals surface area contributed by atoms with Crippen LogP contribution in [0.3, 0.4) is 0 Å². The summed E-state index contributed by atoms with van der Waals surface area (Å²) in [5.74, 6) is 0.371. The van der Waals surface area contributed by atoms with E-state index in [0.29, 0.717) is 12.6 Å². The van der Waals surface area contributed by atoms with Crippen molar-refractivity contribution in [3.05, 3.63) is 0 Å². The molecule has 3 nitrogen and oxygen atoms in total. The van der Waals surface area contributed by atoms with E-state index in [-0.39, 0.29) is 11.8 Å². The Hall–Kier alpha value is -0.570. The lowest BCUT2D eigenvalue weighted by Crippen LogP contribution is -2.40. The van der Waals surface area contributed by atoms with Crippen molar-refractivity contribution >= 4 is 5.91 Å². The van der Waals surface area contributed by atoms with E-state index in [1.54, 1.807) is 0 Å². The quantitative estimate of drug-likeness (QED) is 0.729. The summed E-state index contributed by atoms with van der Waals surface area (Å²) < 4.78 is 0. The maximum Gasteiger partial charge on any atom is 0.223 e. The van der Waals surface area contributed by atoms with Crippen molar-refractivity contribution < 1.29 is 4.79 Å². The van der Waals surface area contributed by atoms with E-state index in [1.807, 2.05) is 0 Å². The summed E-state index contributed by atoms with van der Waals surface area (Å²) in [4.78, 5) is 12.0. The third-order valence-electron chi connectivity index (χ3n) is 3.47. The number of amides is 1. The molecule has 0 radical (unpaired) electrons. The summed E-state index contributed by atoms with van der Waals surface area (Å²) >= 11 is 0. The average molecular weight is 226 g/mol. The molecule has 1 amide bonds. The van der Waals surface area contributed by atoms with Gasteiger partial charge in [-0.1, -0.05) is 32.6 Å². The molecule has 0 aromatic rings. The monoisotopic (exact) mass is 226 g/mol. The standard InChI is InChI=1S/C13H26N2O/c1-2-6-11(9-10-14)13(16)15-12-7-4-3-5-8-12/h11-12H,2-10,14H2,1H3,(H,15,16). The normalized spacial score (nSPS) is 19.4. The van der Waals surface area contributed by atoms with Crippen LogP contribution in [0, 0.1) is 5.92 Å². The minimum Gasteiger partial charge on any atom is -0.353 e. The third-order valence-corrected chi connectivity index (χ3v) is 3.47. The summed E-state index contributed by atoms with van der Waals surface area (Å²) in [5.41, 5.74) is 5.55. The van der Waals surface area contributed by atoms with E-state index in [4.69, 9.17) is 5.73 Å². The molecule has 0 spiro atoms. The molecular weight excluding hydrogens is 200 g/mol. The first-order valence-corrected chi connectivity index (χ1v) is 6.78. The molecule has 1 rings (SSSR count). The molecule has 16 heavy (non-hydrogen) atoms. The van der Waals surface area contributed by atoms with E-state index >= 15 is 0 Å². The van der Waals surface area contributed by atoms with Crippen molar-refractivity contribution in [2.75, 3.05) is 6.54 Å². The summed E-state index contributed by atoms with van der Waals surface area (Å²) in [5, 5.41) is 3.19. The van der Waals surface area contributed by atoms with Crippen LogP contribution in [0.15, 0.2) is 0 Å². The largest absolute Gasteiger partial charge is 0.353 e. The topological polar surface area (TPSA) is 55.1 Å². The maximum atomic E-state index is 12.0. The highest BCUT2D eigenvalue weighted by molar-refractivity contribution is 5.78. The molecule has 1 aliphatic carbocycles. The molecule has 1 saturated carbocycles. The Morgan fingerprint density at radius 3 is 2.56 bits per heavy atom. The Kier molecular flexibility index (Phi) is 6.46. The minimum absolute atomic E-state index is 0.136. The number of hydrogen-bond donors (Lipinski definition) is 2.